The molecule has 11 heteroatoms. The predicted octanol–water partition coefficient (Wildman–Crippen LogP) is 5.19. The molecule has 2 N–H and O–H groups in total. The number of benzene rings is 2. The Morgan fingerprint density at radius 3 is 2.21 bits per heavy atom. The number of para-hydroxylation sites is 1. The van der Waals surface area contributed by atoms with Crippen molar-refractivity contribution in [2.45, 2.75) is 78.2 Å². The van der Waals surface area contributed by atoms with Gasteiger partial charge in [0.15, 0.2) is 5.78 Å². The fourth-order valence-corrected chi connectivity index (χ4v) is 5.19. The Morgan fingerprint density at radius 2 is 1.56 bits per heavy atom. The number of esters is 2. The smallest absolute Gasteiger partial charge is 0.408 e. The SMILES string of the molecule is C=CCOC(=O)[C@@H](CC(=O)[C@H](Cc1cn(C)c2ccccc12)NC(=O)[C@H](CC(=O)OC(C)(C)C)NC(=O)OCc1ccccc1)C(C)C. The van der Waals surface area contributed by atoms with E-state index in [1.807, 2.05) is 62.0 Å². The lowest BCUT2D eigenvalue weighted by molar-refractivity contribution is -0.156. The first kappa shape index (κ1) is 37.5. The van der Waals surface area contributed by atoms with E-state index in [0.717, 1.165) is 22.0 Å². The molecule has 3 rings (SSSR count). The molecule has 48 heavy (non-hydrogen) atoms. The molecular weight excluding hydrogens is 614 g/mol. The zero-order valence-electron chi connectivity index (χ0n) is 28.6. The Hall–Kier alpha value is -4.93. The number of carbonyl (C=O) groups excluding carboxylic acids is 5. The van der Waals surface area contributed by atoms with Gasteiger partial charge in [-0.15, -0.1) is 0 Å². The van der Waals surface area contributed by atoms with Gasteiger partial charge < -0.3 is 29.4 Å². The molecule has 2 aromatic carbocycles. The van der Waals surface area contributed by atoms with Crippen LogP contribution in [0.3, 0.4) is 0 Å². The zero-order chi connectivity index (χ0) is 35.4. The van der Waals surface area contributed by atoms with Crippen LogP contribution in [0.1, 0.15) is 58.6 Å². The van der Waals surface area contributed by atoms with Crippen LogP contribution in [0, 0.1) is 11.8 Å². The molecule has 11 nitrogen and oxygen atoms in total. The number of amides is 2. The molecule has 0 fully saturated rings. The van der Waals surface area contributed by atoms with Crippen LogP contribution in [0.5, 0.6) is 0 Å². The molecule has 0 saturated carbocycles. The Balaban J connectivity index is 1.90. The average Bonchev–Trinajstić information content (AvgIpc) is 3.34. The van der Waals surface area contributed by atoms with E-state index >= 15 is 0 Å². The summed E-state index contributed by atoms with van der Waals surface area (Å²) in [6, 6.07) is 14.1. The van der Waals surface area contributed by atoms with E-state index in [0.29, 0.717) is 0 Å². The predicted molar refractivity (Wildman–Crippen MR) is 182 cm³/mol. The first-order chi connectivity index (χ1) is 22.7. The first-order valence-electron chi connectivity index (χ1n) is 16.0. The molecule has 0 spiro atoms. The largest absolute Gasteiger partial charge is 0.461 e. The van der Waals surface area contributed by atoms with Crippen molar-refractivity contribution in [1.82, 2.24) is 15.2 Å². The summed E-state index contributed by atoms with van der Waals surface area (Å²) in [7, 11) is 1.88. The number of alkyl carbamates (subject to hydrolysis) is 1. The molecule has 3 atom stereocenters. The van der Waals surface area contributed by atoms with Gasteiger partial charge in [-0.1, -0.05) is 75.0 Å². The molecule has 258 valence electrons. The number of fused-ring (bicyclic) bond motifs is 1. The molecule has 0 unspecified atom stereocenters. The lowest BCUT2D eigenvalue weighted by Gasteiger charge is -2.26. The number of hydrogen-bond donors (Lipinski definition) is 2. The van der Waals surface area contributed by atoms with Crippen LogP contribution in [0.15, 0.2) is 73.4 Å². The number of aromatic nitrogens is 1. The van der Waals surface area contributed by atoms with Crippen molar-refractivity contribution in [2.24, 2.45) is 18.9 Å². The third-order valence-corrected chi connectivity index (χ3v) is 7.59. The summed E-state index contributed by atoms with van der Waals surface area (Å²) < 4.78 is 17.9. The van der Waals surface area contributed by atoms with Crippen molar-refractivity contribution in [3.05, 3.63) is 84.6 Å². The molecule has 0 aliphatic heterocycles. The van der Waals surface area contributed by atoms with Gasteiger partial charge in [-0.3, -0.25) is 19.2 Å². The Kier molecular flexibility index (Phi) is 13.5. The number of ether oxygens (including phenoxy) is 3. The highest BCUT2D eigenvalue weighted by atomic mass is 16.6. The van der Waals surface area contributed by atoms with Crippen molar-refractivity contribution in [1.29, 1.82) is 0 Å². The van der Waals surface area contributed by atoms with Gasteiger partial charge in [0, 0.05) is 37.0 Å². The average molecular weight is 662 g/mol. The summed E-state index contributed by atoms with van der Waals surface area (Å²) in [5, 5.41) is 6.14. The zero-order valence-corrected chi connectivity index (χ0v) is 28.6. The van der Waals surface area contributed by atoms with Crippen molar-refractivity contribution in [3.8, 4) is 0 Å². The van der Waals surface area contributed by atoms with Gasteiger partial charge in [0.25, 0.3) is 0 Å². The van der Waals surface area contributed by atoms with Crippen molar-refractivity contribution in [2.75, 3.05) is 6.61 Å². The summed E-state index contributed by atoms with van der Waals surface area (Å²) >= 11 is 0. The molecule has 0 aliphatic rings. The van der Waals surface area contributed by atoms with Crippen LogP contribution in [-0.4, -0.2) is 58.6 Å². The second kappa shape index (κ2) is 17.3. The monoisotopic (exact) mass is 661 g/mol. The lowest BCUT2D eigenvalue weighted by Crippen LogP contribution is -2.53. The van der Waals surface area contributed by atoms with Gasteiger partial charge in [-0.25, -0.2) is 4.79 Å². The lowest BCUT2D eigenvalue weighted by atomic mass is 9.87. The molecule has 1 heterocycles. The first-order valence-corrected chi connectivity index (χ1v) is 16.0. The van der Waals surface area contributed by atoms with Crippen LogP contribution in [0.25, 0.3) is 10.9 Å². The van der Waals surface area contributed by atoms with E-state index in [2.05, 4.69) is 17.2 Å². The third-order valence-electron chi connectivity index (χ3n) is 7.59. The number of ketones is 1. The van der Waals surface area contributed by atoms with E-state index in [9.17, 15) is 24.0 Å². The fraction of sp³-hybridized carbons (Fsp3) is 0.432. The number of nitrogens with zero attached hydrogens (tertiary/aromatic N) is 1. The summed E-state index contributed by atoms with van der Waals surface area (Å²) in [5.41, 5.74) is 1.61. The van der Waals surface area contributed by atoms with E-state index in [1.165, 1.54) is 6.08 Å². The van der Waals surface area contributed by atoms with Crippen LogP contribution in [0.4, 0.5) is 4.79 Å². The second-order valence-corrected chi connectivity index (χ2v) is 13.0. The van der Waals surface area contributed by atoms with Gasteiger partial charge in [0.2, 0.25) is 5.91 Å². The highest BCUT2D eigenvalue weighted by molar-refractivity contribution is 5.96. The van der Waals surface area contributed by atoms with E-state index in [4.69, 9.17) is 14.2 Å². The third kappa shape index (κ3) is 11.4. The highest BCUT2D eigenvalue weighted by Crippen LogP contribution is 2.24. The summed E-state index contributed by atoms with van der Waals surface area (Å²) in [4.78, 5) is 66.4. The molecule has 0 saturated heterocycles. The Morgan fingerprint density at radius 1 is 0.896 bits per heavy atom. The summed E-state index contributed by atoms with van der Waals surface area (Å²) in [6.07, 6.45) is 1.78. The number of rotatable bonds is 16. The van der Waals surface area contributed by atoms with Crippen molar-refractivity contribution < 1.29 is 38.2 Å². The maximum atomic E-state index is 14.0. The van der Waals surface area contributed by atoms with Gasteiger partial charge >= 0.3 is 18.0 Å². The Labute approximate surface area is 282 Å². The van der Waals surface area contributed by atoms with Crippen molar-refractivity contribution in [3.63, 3.8) is 0 Å². The molecule has 2 amide bonds. The topological polar surface area (TPSA) is 142 Å². The molecule has 3 aromatic rings. The number of nitrogens with one attached hydrogen (secondary N) is 2. The molecule has 0 bridgehead atoms. The number of hydrogen-bond acceptors (Lipinski definition) is 8. The molecular formula is C37H47N3O8. The minimum absolute atomic E-state index is 0.00476. The van der Waals surface area contributed by atoms with E-state index < -0.39 is 59.7 Å². The van der Waals surface area contributed by atoms with E-state index in [-0.39, 0.29) is 32.0 Å². The standard InChI is InChI=1S/C37H47N3O8/c1-8-18-46-35(44)28(24(2)3)20-32(41)29(19-26-22-40(7)31-17-13-12-16-27(26)31)38-34(43)30(21-33(42)48-37(4,5)6)39-36(45)47-23-25-14-10-9-11-15-25/h8-17,22,24,28-30H,1,18-21,23H2,2-7H3,(H,38,43)(H,39,45)/t28-,29-,30-/m0/s1. The van der Waals surface area contributed by atoms with Crippen molar-refractivity contribution >= 4 is 40.6 Å². The minimum atomic E-state index is -1.43. The summed E-state index contributed by atoms with van der Waals surface area (Å²) in [5.74, 6) is -3.47. The van der Waals surface area contributed by atoms with Gasteiger partial charge in [-0.05, 0) is 43.9 Å². The molecule has 0 radical (unpaired) electrons. The fourth-order valence-electron chi connectivity index (χ4n) is 5.19. The highest BCUT2D eigenvalue weighted by Gasteiger charge is 2.34. The summed E-state index contributed by atoms with van der Waals surface area (Å²) in [6.45, 7) is 12.2. The molecule has 1 aromatic heterocycles. The van der Waals surface area contributed by atoms with Gasteiger partial charge in [-0.2, -0.15) is 0 Å². The number of Topliss-reactive ketones (excluding diaryl/α,β-unsaturated/α-hetero) is 1. The number of aryl methyl sites for hydroxylation is 1. The van der Waals surface area contributed by atoms with E-state index in [1.54, 1.807) is 45.0 Å². The second-order valence-electron chi connectivity index (χ2n) is 13.0. The molecule has 0 aliphatic carbocycles. The minimum Gasteiger partial charge on any atom is -0.461 e. The normalized spacial score (nSPS) is 13.2. The van der Waals surface area contributed by atoms with Crippen LogP contribution >= 0.6 is 0 Å². The number of carbonyl (C=O) groups is 5. The van der Waals surface area contributed by atoms with Crippen LogP contribution < -0.4 is 10.6 Å². The Bertz CT molecular complexity index is 1590. The van der Waals surface area contributed by atoms with Crippen LogP contribution in [-0.2, 0) is 53.5 Å². The maximum absolute atomic E-state index is 14.0. The van der Waals surface area contributed by atoms with Gasteiger partial charge in [0.1, 0.15) is 24.9 Å². The quantitative estimate of drug-likeness (QED) is 0.121. The van der Waals surface area contributed by atoms with Gasteiger partial charge in [0.05, 0.1) is 18.4 Å². The van der Waals surface area contributed by atoms with Crippen LogP contribution in [0.2, 0.25) is 0 Å². The maximum Gasteiger partial charge on any atom is 0.408 e.